The molecule has 0 fully saturated rings. The van der Waals surface area contributed by atoms with Crippen molar-refractivity contribution in [2.75, 3.05) is 0 Å². The standard InChI is InChI=1S/C20H16BrFN2O2/c1-11(12-2-4-15(22)5-3-12)23-20(26)17-10-24-7-6-13-8-14(21)9-16(18(13)24)19(17)25/h2-5,8-11H,6-7H2,1H3,(H,23,26). The van der Waals surface area contributed by atoms with Gasteiger partial charge in [-0.25, -0.2) is 4.39 Å². The Labute approximate surface area is 157 Å². The van der Waals surface area contributed by atoms with Gasteiger partial charge in [0.15, 0.2) is 0 Å². The van der Waals surface area contributed by atoms with Gasteiger partial charge in [-0.2, -0.15) is 0 Å². The van der Waals surface area contributed by atoms with Crippen LogP contribution in [0.15, 0.2) is 51.9 Å². The molecule has 1 aliphatic heterocycles. The van der Waals surface area contributed by atoms with Gasteiger partial charge in [-0.1, -0.05) is 28.1 Å². The van der Waals surface area contributed by atoms with Crippen molar-refractivity contribution in [1.29, 1.82) is 0 Å². The molecular weight excluding hydrogens is 399 g/mol. The van der Waals surface area contributed by atoms with Crippen molar-refractivity contribution in [3.63, 3.8) is 0 Å². The maximum Gasteiger partial charge on any atom is 0.257 e. The number of carbonyl (C=O) groups is 1. The highest BCUT2D eigenvalue weighted by molar-refractivity contribution is 9.10. The minimum atomic E-state index is -0.425. The van der Waals surface area contributed by atoms with Crippen LogP contribution >= 0.6 is 15.9 Å². The van der Waals surface area contributed by atoms with E-state index in [1.54, 1.807) is 31.3 Å². The van der Waals surface area contributed by atoms with E-state index < -0.39 is 5.91 Å². The second-order valence-corrected chi connectivity index (χ2v) is 7.44. The quantitative estimate of drug-likeness (QED) is 0.705. The molecule has 4 rings (SSSR count). The maximum absolute atomic E-state index is 13.1. The first-order chi connectivity index (χ1) is 12.4. The Hall–Kier alpha value is -2.47. The molecule has 0 aliphatic carbocycles. The number of hydrogen-bond donors (Lipinski definition) is 1. The van der Waals surface area contributed by atoms with E-state index >= 15 is 0 Å². The smallest absolute Gasteiger partial charge is 0.257 e. The van der Waals surface area contributed by atoms with Crippen molar-refractivity contribution >= 4 is 32.7 Å². The third-order valence-corrected chi connectivity index (χ3v) is 5.26. The Bertz CT molecular complexity index is 1090. The molecule has 1 atom stereocenters. The van der Waals surface area contributed by atoms with Gasteiger partial charge in [0, 0.05) is 22.6 Å². The van der Waals surface area contributed by atoms with E-state index in [2.05, 4.69) is 21.2 Å². The summed E-state index contributed by atoms with van der Waals surface area (Å²) in [4.78, 5) is 25.6. The van der Waals surface area contributed by atoms with Crippen molar-refractivity contribution < 1.29 is 9.18 Å². The minimum Gasteiger partial charge on any atom is -0.346 e. The number of amides is 1. The number of benzene rings is 2. The fraction of sp³-hybridized carbons (Fsp3) is 0.200. The lowest BCUT2D eigenvalue weighted by atomic mass is 10.1. The Balaban J connectivity index is 1.71. The monoisotopic (exact) mass is 414 g/mol. The van der Waals surface area contributed by atoms with Gasteiger partial charge in [0.25, 0.3) is 5.91 Å². The topological polar surface area (TPSA) is 51.1 Å². The fourth-order valence-corrected chi connectivity index (χ4v) is 3.98. The second kappa shape index (κ2) is 6.36. The van der Waals surface area contributed by atoms with Gasteiger partial charge in [-0.05, 0) is 48.7 Å². The van der Waals surface area contributed by atoms with Crippen molar-refractivity contribution in [2.24, 2.45) is 0 Å². The number of nitrogens with one attached hydrogen (secondary N) is 1. The summed E-state index contributed by atoms with van der Waals surface area (Å²) in [6.07, 6.45) is 2.48. The molecule has 0 spiro atoms. The summed E-state index contributed by atoms with van der Waals surface area (Å²) in [5.41, 5.74) is 2.64. The highest BCUT2D eigenvalue weighted by atomic mass is 79.9. The maximum atomic E-state index is 13.1. The van der Waals surface area contributed by atoms with Gasteiger partial charge in [0.2, 0.25) is 5.43 Å². The molecule has 6 heteroatoms. The number of halogens is 2. The highest BCUT2D eigenvalue weighted by Gasteiger charge is 2.22. The summed E-state index contributed by atoms with van der Waals surface area (Å²) in [5, 5.41) is 3.38. The van der Waals surface area contributed by atoms with Gasteiger partial charge >= 0.3 is 0 Å². The molecule has 1 aromatic heterocycles. The summed E-state index contributed by atoms with van der Waals surface area (Å²) in [7, 11) is 0. The first-order valence-electron chi connectivity index (χ1n) is 8.36. The Kier molecular flexibility index (Phi) is 4.15. The Morgan fingerprint density at radius 1 is 1.27 bits per heavy atom. The Morgan fingerprint density at radius 2 is 2.00 bits per heavy atom. The fourth-order valence-electron chi connectivity index (χ4n) is 3.47. The number of pyridine rings is 1. The van der Waals surface area contributed by atoms with Crippen LogP contribution in [0.4, 0.5) is 4.39 Å². The number of rotatable bonds is 3. The lowest BCUT2D eigenvalue weighted by Crippen LogP contribution is -2.31. The third kappa shape index (κ3) is 2.84. The van der Waals surface area contributed by atoms with Crippen molar-refractivity contribution in [3.05, 3.63) is 79.8 Å². The molecule has 1 amide bonds. The first kappa shape index (κ1) is 17.0. The van der Waals surface area contributed by atoms with E-state index in [9.17, 15) is 14.0 Å². The molecule has 0 bridgehead atoms. The lowest BCUT2D eigenvalue weighted by molar-refractivity contribution is 0.0938. The van der Waals surface area contributed by atoms with E-state index in [4.69, 9.17) is 0 Å². The molecule has 1 unspecified atom stereocenters. The van der Waals surface area contributed by atoms with E-state index in [0.29, 0.717) is 5.39 Å². The molecular formula is C20H16BrFN2O2. The molecule has 4 nitrogen and oxygen atoms in total. The highest BCUT2D eigenvalue weighted by Crippen LogP contribution is 2.28. The lowest BCUT2D eigenvalue weighted by Gasteiger charge is -2.15. The van der Waals surface area contributed by atoms with Crippen LogP contribution < -0.4 is 10.7 Å². The average molecular weight is 415 g/mol. The van der Waals surface area contributed by atoms with Crippen LogP contribution in [0.25, 0.3) is 10.9 Å². The minimum absolute atomic E-state index is 0.123. The average Bonchev–Trinajstić information content (AvgIpc) is 3.01. The molecule has 2 aromatic carbocycles. The van der Waals surface area contributed by atoms with Crippen LogP contribution in [0.5, 0.6) is 0 Å². The van der Waals surface area contributed by atoms with E-state index in [1.807, 2.05) is 10.6 Å². The SMILES string of the molecule is CC(NC(=O)c1cn2c3c(cc(Br)cc3c1=O)CC2)c1ccc(F)cc1. The zero-order valence-corrected chi connectivity index (χ0v) is 15.6. The van der Waals surface area contributed by atoms with Gasteiger partial charge in [-0.3, -0.25) is 9.59 Å². The van der Waals surface area contributed by atoms with Crippen LogP contribution in [0.3, 0.4) is 0 Å². The van der Waals surface area contributed by atoms with Gasteiger partial charge < -0.3 is 9.88 Å². The molecule has 1 N–H and O–H groups in total. The largest absolute Gasteiger partial charge is 0.346 e. The van der Waals surface area contributed by atoms with E-state index in [0.717, 1.165) is 34.1 Å². The van der Waals surface area contributed by atoms with Crippen LogP contribution in [0, 0.1) is 5.82 Å². The summed E-state index contributed by atoms with van der Waals surface area (Å²) in [6.45, 7) is 2.55. The Morgan fingerprint density at radius 3 is 2.73 bits per heavy atom. The number of hydrogen-bond acceptors (Lipinski definition) is 2. The molecule has 0 radical (unpaired) electrons. The van der Waals surface area contributed by atoms with E-state index in [-0.39, 0.29) is 22.9 Å². The number of carbonyl (C=O) groups excluding carboxylic acids is 1. The normalized spacial score (nSPS) is 13.8. The predicted octanol–water partition coefficient (Wildman–Crippen LogP) is 3.95. The van der Waals surface area contributed by atoms with Gasteiger partial charge in [-0.15, -0.1) is 0 Å². The van der Waals surface area contributed by atoms with Crippen LogP contribution in [0.1, 0.15) is 34.5 Å². The van der Waals surface area contributed by atoms with Crippen molar-refractivity contribution in [2.45, 2.75) is 25.9 Å². The third-order valence-electron chi connectivity index (χ3n) is 4.80. The molecule has 0 saturated carbocycles. The molecule has 2 heterocycles. The second-order valence-electron chi connectivity index (χ2n) is 6.52. The summed E-state index contributed by atoms with van der Waals surface area (Å²) >= 11 is 3.44. The molecule has 1 aliphatic rings. The molecule has 3 aromatic rings. The molecule has 26 heavy (non-hydrogen) atoms. The zero-order valence-electron chi connectivity index (χ0n) is 14.1. The summed E-state index contributed by atoms with van der Waals surface area (Å²) < 4.78 is 15.9. The van der Waals surface area contributed by atoms with Crippen LogP contribution in [0.2, 0.25) is 0 Å². The van der Waals surface area contributed by atoms with Gasteiger partial charge in [0.05, 0.1) is 11.6 Å². The van der Waals surface area contributed by atoms with Crippen molar-refractivity contribution in [3.8, 4) is 0 Å². The van der Waals surface area contributed by atoms with E-state index in [1.165, 1.54) is 12.1 Å². The van der Waals surface area contributed by atoms with Crippen LogP contribution in [-0.4, -0.2) is 10.5 Å². The number of aromatic nitrogens is 1. The molecule has 132 valence electrons. The predicted molar refractivity (Wildman–Crippen MR) is 102 cm³/mol. The van der Waals surface area contributed by atoms with Gasteiger partial charge in [0.1, 0.15) is 11.4 Å². The summed E-state index contributed by atoms with van der Waals surface area (Å²) in [5.74, 6) is -0.754. The van der Waals surface area contributed by atoms with Crippen molar-refractivity contribution in [1.82, 2.24) is 9.88 Å². The first-order valence-corrected chi connectivity index (χ1v) is 9.15. The summed E-state index contributed by atoms with van der Waals surface area (Å²) in [6, 6.07) is 9.39. The number of nitrogens with zero attached hydrogens (tertiary/aromatic N) is 1. The van der Waals surface area contributed by atoms with Crippen LogP contribution in [-0.2, 0) is 13.0 Å². The number of aryl methyl sites for hydroxylation is 2. The molecule has 0 saturated heterocycles. The zero-order chi connectivity index (χ0) is 18.4.